The largest absolute Gasteiger partial charge is 0.384 e. The Morgan fingerprint density at radius 1 is 1.59 bits per heavy atom. The highest BCUT2D eigenvalue weighted by Crippen LogP contribution is 2.10. The molecule has 0 aliphatic carbocycles. The highest BCUT2D eigenvalue weighted by Gasteiger charge is 2.30. The van der Waals surface area contributed by atoms with E-state index in [2.05, 4.69) is 10.3 Å². The number of nitrogens with one attached hydrogen (secondary N) is 1. The van der Waals surface area contributed by atoms with Crippen LogP contribution < -0.4 is 11.1 Å². The third-order valence-electron chi connectivity index (χ3n) is 2.75. The maximum atomic E-state index is 12.1. The average Bonchev–Trinajstić information content (AvgIpc) is 2.32. The number of hydrogen-bond acceptors (Lipinski definition) is 4. The van der Waals surface area contributed by atoms with Gasteiger partial charge in [0.15, 0.2) is 0 Å². The summed E-state index contributed by atoms with van der Waals surface area (Å²) in [6, 6.07) is 4.41. The first kappa shape index (κ1) is 11.4. The lowest BCUT2D eigenvalue weighted by molar-refractivity contribution is -0.127. The highest BCUT2D eigenvalue weighted by molar-refractivity contribution is 5.96. The van der Waals surface area contributed by atoms with Crippen molar-refractivity contribution in [3.8, 4) is 0 Å². The van der Waals surface area contributed by atoms with Crippen LogP contribution in [0.15, 0.2) is 18.2 Å². The number of piperazine rings is 1. The molecule has 90 valence electrons. The van der Waals surface area contributed by atoms with Gasteiger partial charge in [-0.15, -0.1) is 0 Å². The molecule has 3 N–H and O–H groups in total. The van der Waals surface area contributed by atoms with E-state index in [1.165, 1.54) is 4.90 Å². The van der Waals surface area contributed by atoms with Crippen LogP contribution in [-0.4, -0.2) is 40.8 Å². The van der Waals surface area contributed by atoms with E-state index in [9.17, 15) is 9.59 Å². The molecule has 1 aliphatic heterocycles. The lowest BCUT2D eigenvalue weighted by atomic mass is 10.2. The summed E-state index contributed by atoms with van der Waals surface area (Å²) in [5, 5.41) is 2.70. The fraction of sp³-hybridized carbons (Fsp3) is 0.364. The molecule has 2 rings (SSSR count). The summed E-state index contributed by atoms with van der Waals surface area (Å²) in [4.78, 5) is 29.1. The zero-order chi connectivity index (χ0) is 12.4. The Balaban J connectivity index is 2.22. The van der Waals surface area contributed by atoms with Crippen molar-refractivity contribution in [2.24, 2.45) is 0 Å². The molecule has 1 aliphatic rings. The summed E-state index contributed by atoms with van der Waals surface area (Å²) in [6.07, 6.45) is 0. The average molecular weight is 234 g/mol. The van der Waals surface area contributed by atoms with E-state index < -0.39 is 6.04 Å². The molecule has 0 bridgehead atoms. The van der Waals surface area contributed by atoms with Gasteiger partial charge < -0.3 is 16.0 Å². The van der Waals surface area contributed by atoms with Crippen molar-refractivity contribution in [1.29, 1.82) is 0 Å². The van der Waals surface area contributed by atoms with Crippen molar-refractivity contribution < 1.29 is 9.59 Å². The molecule has 1 fully saturated rings. The lowest BCUT2D eigenvalue weighted by Crippen LogP contribution is -2.55. The maximum Gasteiger partial charge on any atom is 0.273 e. The van der Waals surface area contributed by atoms with Crippen LogP contribution in [-0.2, 0) is 4.79 Å². The number of nitrogens with zero attached hydrogens (tertiary/aromatic N) is 2. The van der Waals surface area contributed by atoms with E-state index in [0.717, 1.165) is 0 Å². The first-order chi connectivity index (χ1) is 8.09. The Morgan fingerprint density at radius 3 is 3.06 bits per heavy atom. The fourth-order valence-corrected chi connectivity index (χ4v) is 1.78. The van der Waals surface area contributed by atoms with E-state index in [-0.39, 0.29) is 17.5 Å². The third kappa shape index (κ3) is 2.20. The van der Waals surface area contributed by atoms with Gasteiger partial charge in [0, 0.05) is 13.1 Å². The van der Waals surface area contributed by atoms with Gasteiger partial charge in [-0.25, -0.2) is 4.98 Å². The molecule has 0 radical (unpaired) electrons. The number of anilines is 1. The standard InChI is InChI=1S/C11H14N4O2/c1-7-10(16)13-5-6-15(7)11(17)8-3-2-4-9(12)14-8/h2-4,7H,5-6H2,1H3,(H2,12,14)(H,13,16)/t7-/m0/s1. The zero-order valence-corrected chi connectivity index (χ0v) is 9.51. The van der Waals surface area contributed by atoms with Crippen molar-refractivity contribution in [2.75, 3.05) is 18.8 Å². The predicted molar refractivity (Wildman–Crippen MR) is 62.2 cm³/mol. The number of amides is 2. The molecule has 6 nitrogen and oxygen atoms in total. The van der Waals surface area contributed by atoms with Gasteiger partial charge in [-0.2, -0.15) is 0 Å². The van der Waals surface area contributed by atoms with Crippen molar-refractivity contribution in [3.63, 3.8) is 0 Å². The molecular weight excluding hydrogens is 220 g/mol. The summed E-state index contributed by atoms with van der Waals surface area (Å²) in [5.41, 5.74) is 5.80. The molecule has 1 aromatic heterocycles. The molecule has 6 heteroatoms. The molecule has 2 amide bonds. The number of aromatic nitrogens is 1. The van der Waals surface area contributed by atoms with Crippen molar-refractivity contribution in [1.82, 2.24) is 15.2 Å². The van der Waals surface area contributed by atoms with Gasteiger partial charge in [-0.1, -0.05) is 6.07 Å². The fourth-order valence-electron chi connectivity index (χ4n) is 1.78. The lowest BCUT2D eigenvalue weighted by Gasteiger charge is -2.32. The number of hydrogen-bond donors (Lipinski definition) is 2. The van der Waals surface area contributed by atoms with Gasteiger partial charge in [0.25, 0.3) is 5.91 Å². The zero-order valence-electron chi connectivity index (χ0n) is 9.51. The Labute approximate surface area is 98.8 Å². The molecule has 0 saturated carbocycles. The molecule has 1 saturated heterocycles. The Bertz CT molecular complexity index is 461. The normalized spacial score (nSPS) is 19.9. The van der Waals surface area contributed by atoms with E-state index >= 15 is 0 Å². The van der Waals surface area contributed by atoms with Gasteiger partial charge >= 0.3 is 0 Å². The smallest absolute Gasteiger partial charge is 0.273 e. The minimum Gasteiger partial charge on any atom is -0.384 e. The second-order valence-corrected chi connectivity index (χ2v) is 3.91. The van der Waals surface area contributed by atoms with E-state index in [4.69, 9.17) is 5.73 Å². The van der Waals surface area contributed by atoms with Crippen LogP contribution in [0, 0.1) is 0 Å². The van der Waals surface area contributed by atoms with Crippen LogP contribution in [0.4, 0.5) is 5.82 Å². The SMILES string of the molecule is C[C@H]1C(=O)NCCN1C(=O)c1cccc(N)n1. The molecule has 0 aromatic carbocycles. The van der Waals surface area contributed by atoms with Crippen LogP contribution in [0.25, 0.3) is 0 Å². The minimum atomic E-state index is -0.473. The van der Waals surface area contributed by atoms with E-state index in [0.29, 0.717) is 18.9 Å². The molecule has 0 unspecified atom stereocenters. The first-order valence-electron chi connectivity index (χ1n) is 5.41. The van der Waals surface area contributed by atoms with Crippen molar-refractivity contribution in [3.05, 3.63) is 23.9 Å². The molecule has 0 spiro atoms. The number of rotatable bonds is 1. The number of pyridine rings is 1. The molecular formula is C11H14N4O2. The van der Waals surface area contributed by atoms with Crippen molar-refractivity contribution >= 4 is 17.6 Å². The monoisotopic (exact) mass is 234 g/mol. The summed E-state index contributed by atoms with van der Waals surface area (Å²) in [6.45, 7) is 2.65. The van der Waals surface area contributed by atoms with Gasteiger partial charge in [-0.3, -0.25) is 9.59 Å². The quantitative estimate of drug-likeness (QED) is 0.693. The van der Waals surface area contributed by atoms with Crippen LogP contribution in [0.3, 0.4) is 0 Å². The van der Waals surface area contributed by atoms with Crippen LogP contribution in [0.5, 0.6) is 0 Å². The second kappa shape index (κ2) is 4.40. The first-order valence-corrected chi connectivity index (χ1v) is 5.41. The Kier molecular flexibility index (Phi) is 2.95. The van der Waals surface area contributed by atoms with Gasteiger partial charge in [-0.05, 0) is 19.1 Å². The highest BCUT2D eigenvalue weighted by atomic mass is 16.2. The van der Waals surface area contributed by atoms with Gasteiger partial charge in [0.05, 0.1) is 0 Å². The molecule has 1 aromatic rings. The Hall–Kier alpha value is -2.11. The second-order valence-electron chi connectivity index (χ2n) is 3.91. The number of nitrogen functional groups attached to an aromatic ring is 1. The molecule has 17 heavy (non-hydrogen) atoms. The topological polar surface area (TPSA) is 88.3 Å². The predicted octanol–water partition coefficient (Wildman–Crippen LogP) is -0.376. The third-order valence-corrected chi connectivity index (χ3v) is 2.75. The minimum absolute atomic E-state index is 0.145. The maximum absolute atomic E-state index is 12.1. The number of carbonyl (C=O) groups excluding carboxylic acids is 2. The van der Waals surface area contributed by atoms with Crippen LogP contribution >= 0.6 is 0 Å². The van der Waals surface area contributed by atoms with E-state index in [1.54, 1.807) is 25.1 Å². The Morgan fingerprint density at radius 2 is 2.35 bits per heavy atom. The van der Waals surface area contributed by atoms with Gasteiger partial charge in [0.2, 0.25) is 5.91 Å². The van der Waals surface area contributed by atoms with Crippen molar-refractivity contribution in [2.45, 2.75) is 13.0 Å². The summed E-state index contributed by atoms with van der Waals surface area (Å²) >= 11 is 0. The van der Waals surface area contributed by atoms with Crippen LogP contribution in [0.1, 0.15) is 17.4 Å². The number of nitrogens with two attached hydrogens (primary N) is 1. The summed E-state index contributed by atoms with van der Waals surface area (Å²) < 4.78 is 0. The molecule has 1 atom stereocenters. The van der Waals surface area contributed by atoms with Gasteiger partial charge in [0.1, 0.15) is 17.6 Å². The summed E-state index contributed by atoms with van der Waals surface area (Å²) in [5.74, 6) is -0.113. The van der Waals surface area contributed by atoms with E-state index in [1.807, 2.05) is 0 Å². The van der Waals surface area contributed by atoms with Crippen LogP contribution in [0.2, 0.25) is 0 Å². The number of carbonyl (C=O) groups is 2. The summed E-state index contributed by atoms with van der Waals surface area (Å²) in [7, 11) is 0. The molecule has 2 heterocycles.